The van der Waals surface area contributed by atoms with E-state index in [0.717, 1.165) is 23.7 Å². The van der Waals surface area contributed by atoms with Crippen molar-refractivity contribution in [3.63, 3.8) is 0 Å². The highest BCUT2D eigenvalue weighted by molar-refractivity contribution is 6.00. The predicted octanol–water partition coefficient (Wildman–Crippen LogP) is 3.70. The van der Waals surface area contributed by atoms with Crippen molar-refractivity contribution in [3.05, 3.63) is 42.0 Å². The smallest absolute Gasteiger partial charge is 0.154 e. The van der Waals surface area contributed by atoms with E-state index in [4.69, 9.17) is 9.47 Å². The largest absolute Gasteiger partial charge is 0.490 e. The van der Waals surface area contributed by atoms with Gasteiger partial charge >= 0.3 is 0 Å². The van der Waals surface area contributed by atoms with Gasteiger partial charge in [0.1, 0.15) is 12.4 Å². The zero-order chi connectivity index (χ0) is 14.4. The first-order valence-corrected chi connectivity index (χ1v) is 6.90. The number of rotatable bonds is 7. The molecule has 0 unspecified atom stereocenters. The van der Waals surface area contributed by atoms with Gasteiger partial charge in [-0.1, -0.05) is 44.2 Å². The van der Waals surface area contributed by atoms with E-state index in [9.17, 15) is 4.79 Å². The molecular weight excluding hydrogens is 252 g/mol. The third-order valence-electron chi connectivity index (χ3n) is 2.98. The third kappa shape index (κ3) is 3.58. The van der Waals surface area contributed by atoms with Crippen molar-refractivity contribution in [2.75, 3.05) is 19.8 Å². The van der Waals surface area contributed by atoms with Crippen molar-refractivity contribution in [3.8, 4) is 5.75 Å². The Balaban J connectivity index is 2.04. The summed E-state index contributed by atoms with van der Waals surface area (Å²) in [5, 5.41) is 1.96. The molecule has 106 valence electrons. The van der Waals surface area contributed by atoms with Gasteiger partial charge < -0.3 is 9.47 Å². The van der Waals surface area contributed by atoms with Crippen LogP contribution in [0.1, 0.15) is 24.2 Å². The molecule has 0 atom stereocenters. The van der Waals surface area contributed by atoms with Crippen LogP contribution in [0.15, 0.2) is 36.4 Å². The molecule has 20 heavy (non-hydrogen) atoms. The fourth-order valence-electron chi connectivity index (χ4n) is 2.05. The van der Waals surface area contributed by atoms with Crippen molar-refractivity contribution in [1.82, 2.24) is 0 Å². The summed E-state index contributed by atoms with van der Waals surface area (Å²) in [7, 11) is 0. The highest BCUT2D eigenvalue weighted by Gasteiger charge is 2.07. The van der Waals surface area contributed by atoms with Gasteiger partial charge in [-0.25, -0.2) is 0 Å². The maximum Gasteiger partial charge on any atom is 0.154 e. The van der Waals surface area contributed by atoms with E-state index in [1.165, 1.54) is 0 Å². The first-order chi connectivity index (χ1) is 9.72. The summed E-state index contributed by atoms with van der Waals surface area (Å²) in [6, 6.07) is 11.6. The van der Waals surface area contributed by atoms with Crippen LogP contribution in [-0.2, 0) is 4.74 Å². The van der Waals surface area contributed by atoms with Crippen LogP contribution in [0.2, 0.25) is 0 Å². The SMILES string of the molecule is CC(C)COCCOc1ccc2ccccc2c1C=O. The molecule has 0 aromatic heterocycles. The molecule has 0 amide bonds. The fourth-order valence-corrected chi connectivity index (χ4v) is 2.05. The predicted molar refractivity (Wildman–Crippen MR) is 80.5 cm³/mol. The Hall–Kier alpha value is -1.87. The van der Waals surface area contributed by atoms with Crippen LogP contribution < -0.4 is 4.74 Å². The Morgan fingerprint density at radius 2 is 1.90 bits per heavy atom. The number of fused-ring (bicyclic) bond motifs is 1. The molecule has 0 aliphatic rings. The van der Waals surface area contributed by atoms with Gasteiger partial charge in [-0.3, -0.25) is 4.79 Å². The maximum atomic E-state index is 11.3. The van der Waals surface area contributed by atoms with E-state index in [2.05, 4.69) is 13.8 Å². The Labute approximate surface area is 119 Å². The lowest BCUT2D eigenvalue weighted by atomic mass is 10.0. The second-order valence-corrected chi connectivity index (χ2v) is 5.13. The normalized spacial score (nSPS) is 10.9. The van der Waals surface area contributed by atoms with Crippen molar-refractivity contribution in [2.45, 2.75) is 13.8 Å². The van der Waals surface area contributed by atoms with Crippen molar-refractivity contribution >= 4 is 17.1 Å². The molecule has 0 N–H and O–H groups in total. The molecule has 0 saturated carbocycles. The molecule has 0 radical (unpaired) electrons. The second kappa shape index (κ2) is 7.06. The lowest BCUT2D eigenvalue weighted by Gasteiger charge is -2.11. The van der Waals surface area contributed by atoms with Gasteiger partial charge in [0.25, 0.3) is 0 Å². The molecule has 0 spiro atoms. The van der Waals surface area contributed by atoms with E-state index in [-0.39, 0.29) is 0 Å². The summed E-state index contributed by atoms with van der Waals surface area (Å²) >= 11 is 0. The molecule has 0 aliphatic carbocycles. The van der Waals surface area contributed by atoms with E-state index in [1.54, 1.807) is 0 Å². The van der Waals surface area contributed by atoms with Crippen LogP contribution in [-0.4, -0.2) is 26.1 Å². The zero-order valence-corrected chi connectivity index (χ0v) is 12.0. The van der Waals surface area contributed by atoms with Gasteiger partial charge in [0, 0.05) is 6.61 Å². The topological polar surface area (TPSA) is 35.5 Å². The molecule has 0 saturated heterocycles. The quantitative estimate of drug-likeness (QED) is 0.569. The van der Waals surface area contributed by atoms with Gasteiger partial charge in [-0.2, -0.15) is 0 Å². The highest BCUT2D eigenvalue weighted by atomic mass is 16.5. The average Bonchev–Trinajstić information content (AvgIpc) is 2.46. The Morgan fingerprint density at radius 1 is 1.10 bits per heavy atom. The molecule has 0 fully saturated rings. The van der Waals surface area contributed by atoms with Crippen molar-refractivity contribution < 1.29 is 14.3 Å². The Morgan fingerprint density at radius 3 is 2.65 bits per heavy atom. The molecule has 2 aromatic carbocycles. The second-order valence-electron chi connectivity index (χ2n) is 5.13. The molecule has 0 heterocycles. The third-order valence-corrected chi connectivity index (χ3v) is 2.98. The molecular formula is C17H20O3. The molecule has 2 aromatic rings. The summed E-state index contributed by atoms with van der Waals surface area (Å²) in [6.07, 6.45) is 0.854. The van der Waals surface area contributed by atoms with E-state index >= 15 is 0 Å². The number of ether oxygens (including phenoxy) is 2. The van der Waals surface area contributed by atoms with E-state index < -0.39 is 0 Å². The number of carbonyl (C=O) groups excluding carboxylic acids is 1. The summed E-state index contributed by atoms with van der Waals surface area (Å²) in [5.74, 6) is 1.13. The van der Waals surface area contributed by atoms with Crippen LogP contribution in [0, 0.1) is 5.92 Å². The first-order valence-electron chi connectivity index (χ1n) is 6.90. The number of hydrogen-bond acceptors (Lipinski definition) is 3. The van der Waals surface area contributed by atoms with Crippen LogP contribution in [0.5, 0.6) is 5.75 Å². The fraction of sp³-hybridized carbons (Fsp3) is 0.353. The molecule has 0 aliphatic heterocycles. The van der Waals surface area contributed by atoms with E-state index in [0.29, 0.717) is 30.4 Å². The van der Waals surface area contributed by atoms with Gasteiger partial charge in [0.2, 0.25) is 0 Å². The lowest BCUT2D eigenvalue weighted by Crippen LogP contribution is -2.11. The van der Waals surface area contributed by atoms with E-state index in [1.807, 2.05) is 36.4 Å². The van der Waals surface area contributed by atoms with Crippen LogP contribution in [0.4, 0.5) is 0 Å². The van der Waals surface area contributed by atoms with Gasteiger partial charge in [-0.15, -0.1) is 0 Å². The summed E-state index contributed by atoms with van der Waals surface area (Å²) < 4.78 is 11.1. The average molecular weight is 272 g/mol. The first kappa shape index (κ1) is 14.5. The molecule has 0 bridgehead atoms. The van der Waals surface area contributed by atoms with Gasteiger partial charge in [-0.05, 0) is 22.8 Å². The van der Waals surface area contributed by atoms with Crippen LogP contribution in [0.3, 0.4) is 0 Å². The zero-order valence-electron chi connectivity index (χ0n) is 12.0. The van der Waals surface area contributed by atoms with Crippen molar-refractivity contribution in [2.24, 2.45) is 5.92 Å². The standard InChI is InChI=1S/C17H20O3/c1-13(2)12-19-9-10-20-17-8-7-14-5-3-4-6-15(14)16(17)11-18/h3-8,11,13H,9-10,12H2,1-2H3. The maximum absolute atomic E-state index is 11.3. The number of hydrogen-bond donors (Lipinski definition) is 0. The number of aldehydes is 1. The minimum Gasteiger partial charge on any atom is -0.490 e. The molecule has 3 nitrogen and oxygen atoms in total. The highest BCUT2D eigenvalue weighted by Crippen LogP contribution is 2.26. The number of carbonyl (C=O) groups is 1. The molecule has 3 heteroatoms. The van der Waals surface area contributed by atoms with Gasteiger partial charge in [0.15, 0.2) is 6.29 Å². The Bertz CT molecular complexity index is 575. The minimum atomic E-state index is 0.450. The van der Waals surface area contributed by atoms with Gasteiger partial charge in [0.05, 0.1) is 12.2 Å². The van der Waals surface area contributed by atoms with Crippen LogP contribution >= 0.6 is 0 Å². The molecule has 2 rings (SSSR count). The Kier molecular flexibility index (Phi) is 5.13. The van der Waals surface area contributed by atoms with Crippen LogP contribution in [0.25, 0.3) is 10.8 Å². The number of benzene rings is 2. The summed E-state index contributed by atoms with van der Waals surface area (Å²) in [5.41, 5.74) is 0.604. The summed E-state index contributed by atoms with van der Waals surface area (Å²) in [4.78, 5) is 11.3. The lowest BCUT2D eigenvalue weighted by molar-refractivity contribution is 0.0815. The minimum absolute atomic E-state index is 0.450. The summed E-state index contributed by atoms with van der Waals surface area (Å²) in [6.45, 7) is 5.92. The van der Waals surface area contributed by atoms with Crippen molar-refractivity contribution in [1.29, 1.82) is 0 Å². The monoisotopic (exact) mass is 272 g/mol.